The molecule has 170 valence electrons. The van der Waals surface area contributed by atoms with Gasteiger partial charge in [-0.15, -0.1) is 0 Å². The van der Waals surface area contributed by atoms with Gasteiger partial charge in [0.05, 0.1) is 0 Å². The average molecular weight is 449 g/mol. The molecule has 34 heavy (non-hydrogen) atoms. The highest BCUT2D eigenvalue weighted by Crippen LogP contribution is 2.35. The maximum absolute atomic E-state index is 13.6. The van der Waals surface area contributed by atoms with Crippen LogP contribution >= 0.6 is 0 Å². The fourth-order valence-electron chi connectivity index (χ4n) is 4.73. The molecule has 0 saturated carbocycles. The molecule has 1 atom stereocenters. The highest BCUT2D eigenvalue weighted by atomic mass is 16.2. The molecular formula is C30H28N2O2. The van der Waals surface area contributed by atoms with Crippen molar-refractivity contribution in [2.75, 3.05) is 11.9 Å². The molecule has 1 N–H and O–H groups in total. The smallest absolute Gasteiger partial charge is 0.255 e. The predicted octanol–water partition coefficient (Wildman–Crippen LogP) is 5.87. The minimum atomic E-state index is -0.874. The maximum atomic E-state index is 13.6. The SMILES string of the molecule is CC1(C(=O)Nc2cccc3ccccc23)CCN1C(=O)c1ccccc1CCc1ccccc1. The molecule has 4 nitrogen and oxygen atoms in total. The highest BCUT2D eigenvalue weighted by molar-refractivity contribution is 6.08. The number of nitrogens with one attached hydrogen (secondary N) is 1. The number of hydrogen-bond acceptors (Lipinski definition) is 2. The Balaban J connectivity index is 1.34. The summed E-state index contributed by atoms with van der Waals surface area (Å²) in [5.74, 6) is -0.226. The van der Waals surface area contributed by atoms with Gasteiger partial charge in [-0.1, -0.05) is 84.9 Å². The van der Waals surface area contributed by atoms with Crippen molar-refractivity contribution >= 4 is 28.3 Å². The van der Waals surface area contributed by atoms with E-state index in [2.05, 4.69) is 17.4 Å². The van der Waals surface area contributed by atoms with E-state index in [0.717, 1.165) is 34.9 Å². The van der Waals surface area contributed by atoms with Crippen molar-refractivity contribution in [2.45, 2.75) is 31.7 Å². The summed E-state index contributed by atoms with van der Waals surface area (Å²) < 4.78 is 0. The molecule has 2 amide bonds. The number of hydrogen-bond donors (Lipinski definition) is 1. The van der Waals surface area contributed by atoms with E-state index in [0.29, 0.717) is 18.5 Å². The number of amides is 2. The highest BCUT2D eigenvalue weighted by Gasteiger charge is 2.49. The number of benzene rings is 4. The van der Waals surface area contributed by atoms with E-state index in [4.69, 9.17) is 0 Å². The molecular weight excluding hydrogens is 420 g/mol. The van der Waals surface area contributed by atoms with E-state index in [1.165, 1.54) is 5.56 Å². The molecule has 1 saturated heterocycles. The largest absolute Gasteiger partial charge is 0.324 e. The normalized spacial score (nSPS) is 17.3. The first-order valence-corrected chi connectivity index (χ1v) is 11.8. The Morgan fingerprint density at radius 3 is 2.32 bits per heavy atom. The average Bonchev–Trinajstić information content (AvgIpc) is 2.87. The lowest BCUT2D eigenvalue weighted by molar-refractivity contribution is -0.132. The Morgan fingerprint density at radius 2 is 1.53 bits per heavy atom. The van der Waals surface area contributed by atoms with Gasteiger partial charge in [-0.3, -0.25) is 9.59 Å². The summed E-state index contributed by atoms with van der Waals surface area (Å²) in [6.45, 7) is 2.44. The molecule has 4 aromatic rings. The van der Waals surface area contributed by atoms with Gasteiger partial charge < -0.3 is 10.2 Å². The molecule has 0 aliphatic carbocycles. The topological polar surface area (TPSA) is 49.4 Å². The second-order valence-electron chi connectivity index (χ2n) is 9.10. The van der Waals surface area contributed by atoms with Gasteiger partial charge >= 0.3 is 0 Å². The van der Waals surface area contributed by atoms with Gasteiger partial charge in [0.15, 0.2) is 0 Å². The van der Waals surface area contributed by atoms with E-state index in [9.17, 15) is 9.59 Å². The van der Waals surface area contributed by atoms with Gasteiger partial charge in [0.25, 0.3) is 5.91 Å². The number of nitrogens with zero attached hydrogens (tertiary/aromatic N) is 1. The Hall–Kier alpha value is -3.92. The van der Waals surface area contributed by atoms with Crippen LogP contribution in [0.25, 0.3) is 10.8 Å². The van der Waals surface area contributed by atoms with Crippen LogP contribution in [0.3, 0.4) is 0 Å². The maximum Gasteiger partial charge on any atom is 0.255 e. The Kier molecular flexibility index (Phi) is 5.89. The summed E-state index contributed by atoms with van der Waals surface area (Å²) in [6, 6.07) is 31.9. The van der Waals surface area contributed by atoms with Crippen molar-refractivity contribution in [1.29, 1.82) is 0 Å². The van der Waals surface area contributed by atoms with Crippen LogP contribution in [0, 0.1) is 0 Å². The third-order valence-electron chi connectivity index (χ3n) is 6.96. The van der Waals surface area contributed by atoms with Crippen LogP contribution in [-0.2, 0) is 17.6 Å². The Bertz CT molecular complexity index is 1340. The zero-order valence-electron chi connectivity index (χ0n) is 19.3. The van der Waals surface area contributed by atoms with Crippen molar-refractivity contribution in [3.8, 4) is 0 Å². The van der Waals surface area contributed by atoms with Crippen molar-refractivity contribution in [3.63, 3.8) is 0 Å². The Morgan fingerprint density at radius 1 is 0.824 bits per heavy atom. The number of carbonyl (C=O) groups is 2. The summed E-state index contributed by atoms with van der Waals surface area (Å²) in [6.07, 6.45) is 2.28. The molecule has 0 aromatic heterocycles. The first kappa shape index (κ1) is 21.9. The molecule has 4 heteroatoms. The van der Waals surface area contributed by atoms with Gasteiger partial charge in [-0.05, 0) is 54.8 Å². The number of fused-ring (bicyclic) bond motifs is 1. The molecule has 0 bridgehead atoms. The molecule has 0 spiro atoms. The molecule has 1 heterocycles. The van der Waals surface area contributed by atoms with E-state index < -0.39 is 5.54 Å². The van der Waals surface area contributed by atoms with Gasteiger partial charge in [0.1, 0.15) is 5.54 Å². The van der Waals surface area contributed by atoms with Gasteiger partial charge in [0.2, 0.25) is 5.91 Å². The lowest BCUT2D eigenvalue weighted by atomic mass is 9.84. The second kappa shape index (κ2) is 9.14. The summed E-state index contributed by atoms with van der Waals surface area (Å²) >= 11 is 0. The number of rotatable bonds is 6. The van der Waals surface area contributed by atoms with Crippen LogP contribution in [-0.4, -0.2) is 28.8 Å². The molecule has 0 radical (unpaired) electrons. The monoisotopic (exact) mass is 448 g/mol. The summed E-state index contributed by atoms with van der Waals surface area (Å²) in [5, 5.41) is 5.15. The minimum absolute atomic E-state index is 0.0783. The summed E-state index contributed by atoms with van der Waals surface area (Å²) in [7, 11) is 0. The van der Waals surface area contributed by atoms with Crippen molar-refractivity contribution in [2.24, 2.45) is 0 Å². The van der Waals surface area contributed by atoms with Crippen LogP contribution in [0.4, 0.5) is 5.69 Å². The Labute approximate surface area is 200 Å². The first-order valence-electron chi connectivity index (χ1n) is 11.8. The van der Waals surface area contributed by atoms with Crippen LogP contribution in [0.1, 0.15) is 34.8 Å². The predicted molar refractivity (Wildman–Crippen MR) is 137 cm³/mol. The zero-order chi connectivity index (χ0) is 23.5. The van der Waals surface area contributed by atoms with Gasteiger partial charge in [0, 0.05) is 23.2 Å². The molecule has 1 aliphatic rings. The van der Waals surface area contributed by atoms with E-state index in [1.54, 1.807) is 4.90 Å². The van der Waals surface area contributed by atoms with Gasteiger partial charge in [-0.2, -0.15) is 0 Å². The number of aryl methyl sites for hydroxylation is 2. The van der Waals surface area contributed by atoms with E-state index in [-0.39, 0.29) is 11.8 Å². The van der Waals surface area contributed by atoms with E-state index in [1.807, 2.05) is 91.9 Å². The zero-order valence-corrected chi connectivity index (χ0v) is 19.3. The van der Waals surface area contributed by atoms with Crippen LogP contribution in [0.2, 0.25) is 0 Å². The molecule has 1 unspecified atom stereocenters. The van der Waals surface area contributed by atoms with Crippen molar-refractivity contribution < 1.29 is 9.59 Å². The molecule has 5 rings (SSSR count). The van der Waals surface area contributed by atoms with Crippen molar-refractivity contribution in [3.05, 3.63) is 114 Å². The molecule has 1 aliphatic heterocycles. The lowest BCUT2D eigenvalue weighted by Crippen LogP contribution is -2.66. The number of anilines is 1. The third kappa shape index (κ3) is 4.08. The lowest BCUT2D eigenvalue weighted by Gasteiger charge is -2.49. The van der Waals surface area contributed by atoms with Crippen LogP contribution in [0.5, 0.6) is 0 Å². The summed E-state index contributed by atoms with van der Waals surface area (Å²) in [4.78, 5) is 28.7. The molecule has 1 fully saturated rings. The van der Waals surface area contributed by atoms with E-state index >= 15 is 0 Å². The quantitative estimate of drug-likeness (QED) is 0.401. The third-order valence-corrected chi connectivity index (χ3v) is 6.96. The number of likely N-dealkylation sites (tertiary alicyclic amines) is 1. The molecule has 4 aromatic carbocycles. The number of carbonyl (C=O) groups excluding carboxylic acids is 2. The van der Waals surface area contributed by atoms with Gasteiger partial charge in [-0.25, -0.2) is 0 Å². The second-order valence-corrected chi connectivity index (χ2v) is 9.10. The fourth-order valence-corrected chi connectivity index (χ4v) is 4.73. The van der Waals surface area contributed by atoms with Crippen LogP contribution < -0.4 is 5.32 Å². The first-order chi connectivity index (χ1) is 16.6. The minimum Gasteiger partial charge on any atom is -0.324 e. The standard InChI is InChI=1S/C30H28N2O2/c1-30(29(34)31-27-17-9-14-23-12-5-7-15-25(23)27)20-21-32(30)28(33)26-16-8-6-13-24(26)19-18-22-10-3-2-4-11-22/h2-17H,18-21H2,1H3,(H,31,34). The summed E-state index contributed by atoms with van der Waals surface area (Å²) in [5.41, 5.74) is 2.84. The van der Waals surface area contributed by atoms with Crippen molar-refractivity contribution in [1.82, 2.24) is 4.90 Å². The fraction of sp³-hybridized carbons (Fsp3) is 0.200. The van der Waals surface area contributed by atoms with Crippen LogP contribution in [0.15, 0.2) is 97.1 Å².